The molecule has 1 atom stereocenters. The number of aldehydes is 1. The maximum Gasteiger partial charge on any atom is 0.170 e. The van der Waals surface area contributed by atoms with Gasteiger partial charge in [-0.05, 0) is 20.8 Å². The van der Waals surface area contributed by atoms with E-state index in [-0.39, 0.29) is 11.9 Å². The molecular weight excluding hydrogens is 182 g/mol. The van der Waals surface area contributed by atoms with E-state index in [1.54, 1.807) is 0 Å². The second-order valence-electron chi connectivity index (χ2n) is 4.46. The van der Waals surface area contributed by atoms with Crippen LogP contribution in [0, 0.1) is 0 Å². The van der Waals surface area contributed by atoms with Gasteiger partial charge in [0.25, 0.3) is 0 Å². The molecule has 1 fully saturated rings. The number of carbonyl (C=O) groups is 1. The number of morpholine rings is 1. The summed E-state index contributed by atoms with van der Waals surface area (Å²) in [5, 5.41) is 0. The van der Waals surface area contributed by atoms with Crippen LogP contribution in [0.5, 0.6) is 0 Å². The van der Waals surface area contributed by atoms with Gasteiger partial charge in [-0.3, -0.25) is 4.90 Å². The highest BCUT2D eigenvalue weighted by atomic mass is 16.7. The van der Waals surface area contributed by atoms with Crippen molar-refractivity contribution in [1.82, 2.24) is 4.90 Å². The molecule has 0 N–H and O–H groups in total. The van der Waals surface area contributed by atoms with E-state index < -0.39 is 0 Å². The van der Waals surface area contributed by atoms with Gasteiger partial charge >= 0.3 is 0 Å². The van der Waals surface area contributed by atoms with Gasteiger partial charge in [0.15, 0.2) is 6.29 Å². The van der Waals surface area contributed by atoms with Crippen LogP contribution in [0.3, 0.4) is 0 Å². The normalized spacial score (nSPS) is 24.9. The third-order valence-corrected chi connectivity index (χ3v) is 1.94. The average Bonchev–Trinajstić information content (AvgIpc) is 2.02. The van der Waals surface area contributed by atoms with E-state index in [0.29, 0.717) is 19.7 Å². The lowest BCUT2D eigenvalue weighted by molar-refractivity contribution is -0.221. The lowest BCUT2D eigenvalue weighted by Crippen LogP contribution is -2.46. The first kappa shape index (κ1) is 11.6. The molecule has 0 radical (unpaired) electrons. The fourth-order valence-electron chi connectivity index (χ4n) is 1.40. The summed E-state index contributed by atoms with van der Waals surface area (Å²) in [4.78, 5) is 12.4. The van der Waals surface area contributed by atoms with Crippen molar-refractivity contribution in [3.05, 3.63) is 0 Å². The maximum atomic E-state index is 10.3. The van der Waals surface area contributed by atoms with Crippen molar-refractivity contribution < 1.29 is 14.3 Å². The number of hydrogen-bond donors (Lipinski definition) is 0. The first-order valence-electron chi connectivity index (χ1n) is 4.97. The third-order valence-electron chi connectivity index (χ3n) is 1.94. The first-order valence-corrected chi connectivity index (χ1v) is 4.97. The molecule has 1 unspecified atom stereocenters. The number of hydrogen-bond acceptors (Lipinski definition) is 4. The second kappa shape index (κ2) is 4.87. The molecule has 0 aromatic rings. The Bertz CT molecular complexity index is 188. The van der Waals surface area contributed by atoms with E-state index in [4.69, 9.17) is 9.47 Å². The van der Waals surface area contributed by atoms with Crippen LogP contribution in [0.4, 0.5) is 0 Å². The highest BCUT2D eigenvalue weighted by molar-refractivity contribution is 5.51. The van der Waals surface area contributed by atoms with Crippen LogP contribution in [0.15, 0.2) is 0 Å². The van der Waals surface area contributed by atoms with Gasteiger partial charge in [-0.15, -0.1) is 0 Å². The van der Waals surface area contributed by atoms with Gasteiger partial charge < -0.3 is 14.3 Å². The number of carbonyl (C=O) groups excluding carboxylic acids is 1. The summed E-state index contributed by atoms with van der Waals surface area (Å²) in [6.07, 6.45) is 0.711. The Morgan fingerprint density at radius 1 is 1.57 bits per heavy atom. The van der Waals surface area contributed by atoms with E-state index in [2.05, 4.69) is 0 Å². The fraction of sp³-hybridized carbons (Fsp3) is 0.900. The van der Waals surface area contributed by atoms with Crippen LogP contribution in [0.25, 0.3) is 0 Å². The molecule has 0 amide bonds. The van der Waals surface area contributed by atoms with Crippen LogP contribution >= 0.6 is 0 Å². The smallest absolute Gasteiger partial charge is 0.170 e. The summed E-state index contributed by atoms with van der Waals surface area (Å²) < 4.78 is 11.1. The second-order valence-corrected chi connectivity index (χ2v) is 4.46. The molecule has 1 saturated heterocycles. The fourth-order valence-corrected chi connectivity index (χ4v) is 1.40. The largest absolute Gasteiger partial charge is 0.350 e. The summed E-state index contributed by atoms with van der Waals surface area (Å²) in [6.45, 7) is 8.57. The zero-order valence-corrected chi connectivity index (χ0v) is 9.16. The standard InChI is InChI=1S/C10H19NO3/c1-10(2,3)14-9-8-11(4-6-12)5-7-13-9/h6,9H,4-5,7-8H2,1-3H3. The SMILES string of the molecule is CC(C)(C)OC1CN(CC=O)CCO1. The van der Waals surface area contributed by atoms with E-state index in [1.807, 2.05) is 25.7 Å². The maximum absolute atomic E-state index is 10.3. The van der Waals surface area contributed by atoms with Gasteiger partial charge in [0.2, 0.25) is 0 Å². The van der Waals surface area contributed by atoms with Crippen molar-refractivity contribution in [2.75, 3.05) is 26.2 Å². The predicted molar refractivity (Wildman–Crippen MR) is 53.1 cm³/mol. The van der Waals surface area contributed by atoms with Crippen LogP contribution in [-0.4, -0.2) is 49.3 Å². The van der Waals surface area contributed by atoms with Gasteiger partial charge in [-0.25, -0.2) is 0 Å². The van der Waals surface area contributed by atoms with Gasteiger partial charge in [0.05, 0.1) is 25.3 Å². The molecular formula is C10H19NO3. The Balaban J connectivity index is 2.36. The molecule has 0 aromatic carbocycles. The van der Waals surface area contributed by atoms with Crippen LogP contribution < -0.4 is 0 Å². The van der Waals surface area contributed by atoms with Crippen LogP contribution in [0.2, 0.25) is 0 Å². The third kappa shape index (κ3) is 4.17. The van der Waals surface area contributed by atoms with Crippen molar-refractivity contribution >= 4 is 6.29 Å². The van der Waals surface area contributed by atoms with Crippen molar-refractivity contribution in [2.45, 2.75) is 32.7 Å². The zero-order chi connectivity index (χ0) is 10.6. The lowest BCUT2D eigenvalue weighted by Gasteiger charge is -2.35. The highest BCUT2D eigenvalue weighted by Gasteiger charge is 2.24. The number of nitrogens with zero attached hydrogens (tertiary/aromatic N) is 1. The summed E-state index contributed by atoms with van der Waals surface area (Å²) >= 11 is 0. The van der Waals surface area contributed by atoms with E-state index in [1.165, 1.54) is 0 Å². The Kier molecular flexibility index (Phi) is 4.04. The highest BCUT2D eigenvalue weighted by Crippen LogP contribution is 2.15. The summed E-state index contributed by atoms with van der Waals surface area (Å²) in [7, 11) is 0. The molecule has 82 valence electrons. The monoisotopic (exact) mass is 201 g/mol. The Morgan fingerprint density at radius 3 is 2.86 bits per heavy atom. The Hall–Kier alpha value is -0.450. The molecule has 0 bridgehead atoms. The van der Waals surface area contributed by atoms with Crippen molar-refractivity contribution in [2.24, 2.45) is 0 Å². The van der Waals surface area contributed by atoms with Crippen molar-refractivity contribution in [3.8, 4) is 0 Å². The molecule has 0 aliphatic carbocycles. The molecule has 14 heavy (non-hydrogen) atoms. The molecule has 0 saturated carbocycles. The summed E-state index contributed by atoms with van der Waals surface area (Å²) in [6, 6.07) is 0. The molecule has 1 aliphatic heterocycles. The minimum atomic E-state index is -0.205. The number of rotatable bonds is 3. The minimum absolute atomic E-state index is 0.200. The molecule has 1 heterocycles. The number of ether oxygens (including phenoxy) is 2. The topological polar surface area (TPSA) is 38.8 Å². The van der Waals surface area contributed by atoms with E-state index >= 15 is 0 Å². The summed E-state index contributed by atoms with van der Waals surface area (Å²) in [5.41, 5.74) is -0.200. The average molecular weight is 201 g/mol. The lowest BCUT2D eigenvalue weighted by atomic mass is 10.2. The Labute approximate surface area is 85.2 Å². The van der Waals surface area contributed by atoms with Crippen LogP contribution in [-0.2, 0) is 14.3 Å². The quantitative estimate of drug-likeness (QED) is 0.629. The Morgan fingerprint density at radius 2 is 2.29 bits per heavy atom. The first-order chi connectivity index (χ1) is 6.51. The minimum Gasteiger partial charge on any atom is -0.350 e. The van der Waals surface area contributed by atoms with E-state index in [9.17, 15) is 4.79 Å². The van der Waals surface area contributed by atoms with E-state index in [0.717, 1.165) is 12.8 Å². The summed E-state index contributed by atoms with van der Waals surface area (Å²) in [5.74, 6) is 0. The van der Waals surface area contributed by atoms with Crippen molar-refractivity contribution in [1.29, 1.82) is 0 Å². The van der Waals surface area contributed by atoms with Gasteiger partial charge in [0, 0.05) is 6.54 Å². The molecule has 1 aliphatic rings. The van der Waals surface area contributed by atoms with Crippen LogP contribution in [0.1, 0.15) is 20.8 Å². The molecule has 4 heteroatoms. The zero-order valence-electron chi connectivity index (χ0n) is 9.16. The van der Waals surface area contributed by atoms with Gasteiger partial charge in [-0.2, -0.15) is 0 Å². The molecule has 0 aromatic heterocycles. The molecule has 0 spiro atoms. The van der Waals surface area contributed by atoms with Gasteiger partial charge in [0.1, 0.15) is 6.29 Å². The molecule has 4 nitrogen and oxygen atoms in total. The van der Waals surface area contributed by atoms with Crippen molar-refractivity contribution in [3.63, 3.8) is 0 Å². The predicted octanol–water partition coefficient (Wildman–Crippen LogP) is 0.659. The molecule has 1 rings (SSSR count). The van der Waals surface area contributed by atoms with Gasteiger partial charge in [-0.1, -0.05) is 0 Å².